The molecule has 0 fully saturated rings. The van der Waals surface area contributed by atoms with Crippen LogP contribution < -0.4 is 0 Å². The zero-order chi connectivity index (χ0) is 52.9. The molecule has 1 atom stereocenters. The van der Waals surface area contributed by atoms with Gasteiger partial charge in [-0.05, 0) is 57.8 Å². The van der Waals surface area contributed by atoms with Gasteiger partial charge in [-0.2, -0.15) is 0 Å². The lowest BCUT2D eigenvalue weighted by Crippen LogP contribution is -2.30. The van der Waals surface area contributed by atoms with Crippen LogP contribution in [-0.4, -0.2) is 37.2 Å². The van der Waals surface area contributed by atoms with Gasteiger partial charge in [0.15, 0.2) is 6.10 Å². The van der Waals surface area contributed by atoms with E-state index in [4.69, 9.17) is 14.2 Å². The molecule has 0 spiro atoms. The highest BCUT2D eigenvalue weighted by atomic mass is 16.6. The number of hydrogen-bond acceptors (Lipinski definition) is 6. The molecule has 0 aliphatic rings. The Bertz CT molecular complexity index is 1360. The van der Waals surface area contributed by atoms with Crippen LogP contribution in [0.5, 0.6) is 0 Å². The second-order valence-corrected chi connectivity index (χ2v) is 21.0. The summed E-state index contributed by atoms with van der Waals surface area (Å²) in [6.07, 6.45) is 79.2. The van der Waals surface area contributed by atoms with Crippen molar-refractivity contribution in [2.75, 3.05) is 13.2 Å². The van der Waals surface area contributed by atoms with Crippen molar-refractivity contribution in [1.29, 1.82) is 0 Å². The van der Waals surface area contributed by atoms with Crippen molar-refractivity contribution in [2.24, 2.45) is 0 Å². The number of esters is 3. The first kappa shape index (κ1) is 69.8. The lowest BCUT2D eigenvalue weighted by molar-refractivity contribution is -0.166. The minimum absolute atomic E-state index is 0.101. The summed E-state index contributed by atoms with van der Waals surface area (Å²) in [5.41, 5.74) is 0. The minimum Gasteiger partial charge on any atom is -0.462 e. The first-order chi connectivity index (χ1) is 36.0. The van der Waals surface area contributed by atoms with E-state index in [1.807, 2.05) is 6.08 Å². The first-order valence-electron chi connectivity index (χ1n) is 31.4. The molecule has 0 rings (SSSR count). The predicted octanol–water partition coefficient (Wildman–Crippen LogP) is 21.3. The average Bonchev–Trinajstić information content (AvgIpc) is 3.39. The number of carbonyl (C=O) groups is 3. The van der Waals surface area contributed by atoms with Crippen molar-refractivity contribution in [1.82, 2.24) is 0 Å². The number of carbonyl (C=O) groups excluding carboxylic acids is 3. The smallest absolute Gasteiger partial charge is 0.306 e. The van der Waals surface area contributed by atoms with Gasteiger partial charge >= 0.3 is 17.9 Å². The second kappa shape index (κ2) is 61.4. The van der Waals surface area contributed by atoms with E-state index in [-0.39, 0.29) is 37.5 Å². The van der Waals surface area contributed by atoms with E-state index in [2.05, 4.69) is 87.6 Å². The molecule has 1 unspecified atom stereocenters. The summed E-state index contributed by atoms with van der Waals surface area (Å²) in [7, 11) is 0. The van der Waals surface area contributed by atoms with Gasteiger partial charge in [-0.1, -0.05) is 312 Å². The van der Waals surface area contributed by atoms with Gasteiger partial charge in [-0.3, -0.25) is 14.4 Å². The molecule has 73 heavy (non-hydrogen) atoms. The molecule has 0 radical (unpaired) electrons. The summed E-state index contributed by atoms with van der Waals surface area (Å²) in [5.74, 6) is -0.968. The van der Waals surface area contributed by atoms with Crippen LogP contribution in [-0.2, 0) is 28.6 Å². The maximum Gasteiger partial charge on any atom is 0.306 e. The maximum absolute atomic E-state index is 12.9. The van der Waals surface area contributed by atoms with Gasteiger partial charge in [0.25, 0.3) is 0 Å². The van der Waals surface area contributed by atoms with Gasteiger partial charge in [0.1, 0.15) is 13.2 Å². The summed E-state index contributed by atoms with van der Waals surface area (Å²) < 4.78 is 16.9. The highest BCUT2D eigenvalue weighted by molar-refractivity contribution is 5.71. The van der Waals surface area contributed by atoms with Crippen LogP contribution in [0, 0.1) is 0 Å². The lowest BCUT2D eigenvalue weighted by Gasteiger charge is -2.18. The molecule has 0 aliphatic heterocycles. The van der Waals surface area contributed by atoms with Gasteiger partial charge < -0.3 is 14.2 Å². The van der Waals surface area contributed by atoms with Crippen molar-refractivity contribution in [3.63, 3.8) is 0 Å². The van der Waals surface area contributed by atoms with E-state index in [0.717, 1.165) is 77.0 Å². The Morgan fingerprint density at radius 3 is 0.808 bits per heavy atom. The van der Waals surface area contributed by atoms with E-state index in [0.29, 0.717) is 19.3 Å². The molecule has 0 aromatic heterocycles. The van der Waals surface area contributed by atoms with E-state index < -0.39 is 6.10 Å². The molecule has 422 valence electrons. The van der Waals surface area contributed by atoms with Crippen LogP contribution >= 0.6 is 0 Å². The van der Waals surface area contributed by atoms with Gasteiger partial charge in [0, 0.05) is 19.3 Å². The highest BCUT2D eigenvalue weighted by Crippen LogP contribution is 2.17. The fourth-order valence-corrected chi connectivity index (χ4v) is 9.06. The molecule has 0 heterocycles. The van der Waals surface area contributed by atoms with Gasteiger partial charge in [-0.25, -0.2) is 0 Å². The highest BCUT2D eigenvalue weighted by Gasteiger charge is 2.19. The number of ether oxygens (including phenoxy) is 3. The van der Waals surface area contributed by atoms with Gasteiger partial charge in [0.2, 0.25) is 0 Å². The van der Waals surface area contributed by atoms with Crippen molar-refractivity contribution in [3.05, 3.63) is 72.9 Å². The Kier molecular flexibility index (Phi) is 58.7. The predicted molar refractivity (Wildman–Crippen MR) is 316 cm³/mol. The lowest BCUT2D eigenvalue weighted by atomic mass is 10.0. The molecular weight excluding hydrogens is 901 g/mol. The Morgan fingerprint density at radius 2 is 0.534 bits per heavy atom. The fraction of sp³-hybridized carbons (Fsp3) is 0.776. The number of hydrogen-bond donors (Lipinski definition) is 0. The van der Waals surface area contributed by atoms with Gasteiger partial charge in [0.05, 0.1) is 0 Å². The Hall–Kier alpha value is -3.15. The van der Waals surface area contributed by atoms with Crippen LogP contribution in [0.1, 0.15) is 316 Å². The summed E-state index contributed by atoms with van der Waals surface area (Å²) in [5, 5.41) is 0. The zero-order valence-corrected chi connectivity index (χ0v) is 48.4. The Morgan fingerprint density at radius 1 is 0.288 bits per heavy atom. The van der Waals surface area contributed by atoms with E-state index in [9.17, 15) is 14.4 Å². The van der Waals surface area contributed by atoms with Crippen molar-refractivity contribution in [2.45, 2.75) is 322 Å². The zero-order valence-electron chi connectivity index (χ0n) is 48.4. The third kappa shape index (κ3) is 59.6. The average molecular weight is 1020 g/mol. The molecule has 0 aromatic rings. The second-order valence-electron chi connectivity index (χ2n) is 21.0. The van der Waals surface area contributed by atoms with E-state index in [1.54, 1.807) is 0 Å². The summed E-state index contributed by atoms with van der Waals surface area (Å²) in [6, 6.07) is 0. The molecule has 0 aliphatic carbocycles. The van der Waals surface area contributed by atoms with Crippen LogP contribution in [0.4, 0.5) is 0 Å². The van der Waals surface area contributed by atoms with Crippen LogP contribution in [0.3, 0.4) is 0 Å². The molecule has 0 bridgehead atoms. The number of unbranched alkanes of at least 4 members (excludes halogenated alkanes) is 34. The number of rotatable bonds is 57. The first-order valence-corrected chi connectivity index (χ1v) is 31.4. The van der Waals surface area contributed by atoms with Crippen LogP contribution in [0.15, 0.2) is 72.9 Å². The topological polar surface area (TPSA) is 78.9 Å². The normalized spacial score (nSPS) is 12.5. The van der Waals surface area contributed by atoms with Crippen molar-refractivity contribution >= 4 is 17.9 Å². The van der Waals surface area contributed by atoms with E-state index in [1.165, 1.54) is 193 Å². The molecule has 0 saturated carbocycles. The standard InChI is InChI=1S/C67H118O6/c1-4-7-10-13-16-19-22-25-28-31-33-36-39-42-45-48-51-54-57-60-66(69)72-63-64(62-71-65(68)59-56-53-50-47-44-41-38-35-30-27-24-21-18-15-12-9-6-3)73-67(70)61-58-55-52-49-46-43-40-37-34-32-29-26-23-20-17-14-11-8-5-2/h8,11,17,20,26,29,34,37,43,46,52,55,64H,4-7,9-10,12-16,18-19,21-25,27-28,30-33,35-36,38-42,44-45,47-51,53-54,56-63H2,1-3H3/b11-8-,20-17-,29-26-,37-34-,46-43-,55-52-. The fourth-order valence-electron chi connectivity index (χ4n) is 9.06. The minimum atomic E-state index is -0.814. The largest absolute Gasteiger partial charge is 0.462 e. The van der Waals surface area contributed by atoms with Crippen LogP contribution in [0.2, 0.25) is 0 Å². The van der Waals surface area contributed by atoms with Crippen LogP contribution in [0.25, 0.3) is 0 Å². The third-order valence-corrected chi connectivity index (χ3v) is 13.7. The molecule has 0 amide bonds. The SMILES string of the molecule is CC/C=C\C/C=C\C/C=C\C/C=C\C/C=C\C/C=C\CCC(=O)OC(COC(=O)CCCCCCCCCCCCCCCCCCC)COC(=O)CCCCCCCCCCCCCCCCCCCCC. The Labute approximate surface area is 453 Å². The molecule has 0 aromatic carbocycles. The molecule has 6 heteroatoms. The quantitative estimate of drug-likeness (QED) is 0.0261. The van der Waals surface area contributed by atoms with E-state index >= 15 is 0 Å². The molecule has 0 saturated heterocycles. The van der Waals surface area contributed by atoms with Crippen molar-refractivity contribution < 1.29 is 28.6 Å². The van der Waals surface area contributed by atoms with Crippen molar-refractivity contribution in [3.8, 4) is 0 Å². The molecule has 0 N–H and O–H groups in total. The summed E-state index contributed by atoms with van der Waals surface area (Å²) in [4.78, 5) is 38.3. The molecular formula is C67H118O6. The molecule has 6 nitrogen and oxygen atoms in total. The summed E-state index contributed by atoms with van der Waals surface area (Å²) >= 11 is 0. The van der Waals surface area contributed by atoms with Gasteiger partial charge in [-0.15, -0.1) is 0 Å². The third-order valence-electron chi connectivity index (χ3n) is 13.7. The summed E-state index contributed by atoms with van der Waals surface area (Å²) in [6.45, 7) is 6.52. The monoisotopic (exact) mass is 1020 g/mol. The maximum atomic E-state index is 12.9. The Balaban J connectivity index is 4.44. The number of allylic oxidation sites excluding steroid dienone is 12.